The molecule has 0 bridgehead atoms. The van der Waals surface area contributed by atoms with Crippen LogP contribution in [0, 0.1) is 0 Å². The van der Waals surface area contributed by atoms with E-state index in [1.54, 1.807) is 0 Å². The van der Waals surface area contributed by atoms with Gasteiger partial charge in [-0.2, -0.15) is 0 Å². The van der Waals surface area contributed by atoms with Gasteiger partial charge >= 0.3 is 0 Å². The molecule has 0 atom stereocenters. The molecule has 1 fully saturated rings. The van der Waals surface area contributed by atoms with Crippen LogP contribution in [0.15, 0.2) is 18.2 Å². The van der Waals surface area contributed by atoms with Gasteiger partial charge in [0.2, 0.25) is 0 Å². The summed E-state index contributed by atoms with van der Waals surface area (Å²) >= 11 is 0. The van der Waals surface area contributed by atoms with E-state index in [1.807, 2.05) is 0 Å². The zero-order chi connectivity index (χ0) is 10.3. The fourth-order valence-corrected chi connectivity index (χ4v) is 2.15. The molecule has 1 N–H and O–H groups in total. The van der Waals surface area contributed by atoms with E-state index >= 15 is 0 Å². The number of nitrogens with zero attached hydrogens (tertiary/aromatic N) is 1. The molecule has 1 saturated heterocycles. The molecule has 0 aromatic heterocycles. The molecule has 0 amide bonds. The van der Waals surface area contributed by atoms with Crippen LogP contribution in [0.25, 0.3) is 0 Å². The summed E-state index contributed by atoms with van der Waals surface area (Å²) < 4.78 is 5.62. The molecule has 15 heavy (non-hydrogen) atoms. The van der Waals surface area contributed by atoms with Gasteiger partial charge in [-0.1, -0.05) is 6.07 Å². The van der Waals surface area contributed by atoms with Crippen LogP contribution >= 0.6 is 0 Å². The van der Waals surface area contributed by atoms with E-state index in [-0.39, 0.29) is 0 Å². The maximum absolute atomic E-state index is 5.62. The molecule has 3 nitrogen and oxygen atoms in total. The monoisotopic (exact) mass is 204 g/mol. The van der Waals surface area contributed by atoms with Gasteiger partial charge in [0.1, 0.15) is 12.4 Å². The third-order valence-corrected chi connectivity index (χ3v) is 3.33. The van der Waals surface area contributed by atoms with Gasteiger partial charge in [0.25, 0.3) is 0 Å². The highest BCUT2D eigenvalue weighted by molar-refractivity contribution is 5.61. The maximum atomic E-state index is 5.62. The molecular weight excluding hydrogens is 188 g/mol. The zero-order valence-electron chi connectivity index (χ0n) is 8.99. The molecule has 0 unspecified atom stereocenters. The van der Waals surface area contributed by atoms with Gasteiger partial charge in [0, 0.05) is 26.1 Å². The Labute approximate surface area is 90.0 Å². The van der Waals surface area contributed by atoms with Crippen molar-refractivity contribution in [1.29, 1.82) is 0 Å². The zero-order valence-corrected chi connectivity index (χ0v) is 8.99. The Kier molecular flexibility index (Phi) is 2.06. The van der Waals surface area contributed by atoms with E-state index in [0.29, 0.717) is 5.92 Å². The molecule has 2 heterocycles. The van der Waals surface area contributed by atoms with Crippen LogP contribution in [0.3, 0.4) is 0 Å². The molecule has 2 aliphatic rings. The summed E-state index contributed by atoms with van der Waals surface area (Å²) in [5.74, 6) is 1.73. The van der Waals surface area contributed by atoms with E-state index in [2.05, 4.69) is 35.5 Å². The van der Waals surface area contributed by atoms with Crippen molar-refractivity contribution in [3.05, 3.63) is 23.8 Å². The molecule has 0 radical (unpaired) electrons. The van der Waals surface area contributed by atoms with Crippen molar-refractivity contribution in [2.24, 2.45) is 0 Å². The second-order valence-electron chi connectivity index (χ2n) is 4.35. The van der Waals surface area contributed by atoms with Crippen LogP contribution in [-0.4, -0.2) is 33.3 Å². The number of fused-ring (bicyclic) bond motifs is 1. The first kappa shape index (κ1) is 9.04. The van der Waals surface area contributed by atoms with Gasteiger partial charge in [-0.3, -0.25) is 0 Å². The van der Waals surface area contributed by atoms with Crippen molar-refractivity contribution in [3.8, 4) is 5.75 Å². The molecule has 3 heteroatoms. The second-order valence-corrected chi connectivity index (χ2v) is 4.35. The number of hydrogen-bond donors (Lipinski definition) is 1. The van der Waals surface area contributed by atoms with Crippen molar-refractivity contribution in [3.63, 3.8) is 0 Å². The SMILES string of the molecule is CN1CCOc2ccc(C3CNC3)cc21. The first-order valence-corrected chi connectivity index (χ1v) is 5.53. The molecule has 2 aliphatic heterocycles. The van der Waals surface area contributed by atoms with E-state index in [4.69, 9.17) is 4.74 Å². The summed E-state index contributed by atoms with van der Waals surface area (Å²) in [5.41, 5.74) is 2.68. The fourth-order valence-electron chi connectivity index (χ4n) is 2.15. The first-order chi connectivity index (χ1) is 7.34. The Morgan fingerprint density at radius 1 is 1.40 bits per heavy atom. The van der Waals surface area contributed by atoms with Gasteiger partial charge in [0.15, 0.2) is 0 Å². The summed E-state index contributed by atoms with van der Waals surface area (Å²) in [7, 11) is 2.13. The molecule has 0 saturated carbocycles. The summed E-state index contributed by atoms with van der Waals surface area (Å²) in [4.78, 5) is 2.27. The van der Waals surface area contributed by atoms with Gasteiger partial charge in [0.05, 0.1) is 12.2 Å². The Morgan fingerprint density at radius 3 is 3.00 bits per heavy atom. The number of ether oxygens (including phenoxy) is 1. The molecule has 80 valence electrons. The highest BCUT2D eigenvalue weighted by Gasteiger charge is 2.22. The third-order valence-electron chi connectivity index (χ3n) is 3.33. The maximum Gasteiger partial charge on any atom is 0.142 e. The van der Waals surface area contributed by atoms with Crippen LogP contribution < -0.4 is 15.0 Å². The molecule has 1 aromatic carbocycles. The summed E-state index contributed by atoms with van der Waals surface area (Å²) in [6, 6.07) is 6.59. The normalized spacial score (nSPS) is 20.5. The minimum atomic E-state index is 0.700. The van der Waals surface area contributed by atoms with Gasteiger partial charge in [-0.05, 0) is 17.7 Å². The fraction of sp³-hybridized carbons (Fsp3) is 0.500. The lowest BCUT2D eigenvalue weighted by molar-refractivity contribution is 0.311. The van der Waals surface area contributed by atoms with Crippen LogP contribution in [0.2, 0.25) is 0 Å². The first-order valence-electron chi connectivity index (χ1n) is 5.53. The van der Waals surface area contributed by atoms with Crippen molar-refractivity contribution in [2.75, 3.05) is 38.2 Å². The molecule has 1 aromatic rings. The highest BCUT2D eigenvalue weighted by atomic mass is 16.5. The number of hydrogen-bond acceptors (Lipinski definition) is 3. The smallest absolute Gasteiger partial charge is 0.142 e. The number of nitrogens with one attached hydrogen (secondary N) is 1. The average molecular weight is 204 g/mol. The average Bonchev–Trinajstić information content (AvgIpc) is 2.17. The predicted octanol–water partition coefficient (Wildman–Crippen LogP) is 1.20. The third kappa shape index (κ3) is 1.47. The number of anilines is 1. The van der Waals surface area contributed by atoms with Gasteiger partial charge in [-0.15, -0.1) is 0 Å². The Balaban J connectivity index is 1.95. The lowest BCUT2D eigenvalue weighted by atomic mass is 9.93. The molecule has 0 spiro atoms. The van der Waals surface area contributed by atoms with E-state index in [9.17, 15) is 0 Å². The van der Waals surface area contributed by atoms with E-state index < -0.39 is 0 Å². The quantitative estimate of drug-likeness (QED) is 0.744. The van der Waals surface area contributed by atoms with Crippen molar-refractivity contribution in [2.45, 2.75) is 5.92 Å². The number of likely N-dealkylation sites (N-methyl/N-ethyl adjacent to an activating group) is 1. The lowest BCUT2D eigenvalue weighted by Gasteiger charge is -2.31. The Hall–Kier alpha value is -1.22. The lowest BCUT2D eigenvalue weighted by Crippen LogP contribution is -2.40. The van der Waals surface area contributed by atoms with Crippen molar-refractivity contribution in [1.82, 2.24) is 5.32 Å². The Morgan fingerprint density at radius 2 is 2.27 bits per heavy atom. The van der Waals surface area contributed by atoms with E-state index in [1.165, 1.54) is 11.3 Å². The summed E-state index contributed by atoms with van der Waals surface area (Å²) in [5, 5.41) is 3.31. The topological polar surface area (TPSA) is 24.5 Å². The van der Waals surface area contributed by atoms with Crippen LogP contribution in [-0.2, 0) is 0 Å². The van der Waals surface area contributed by atoms with Crippen LogP contribution in [0.4, 0.5) is 5.69 Å². The second kappa shape index (κ2) is 3.42. The molecule has 3 rings (SSSR count). The van der Waals surface area contributed by atoms with Crippen LogP contribution in [0.5, 0.6) is 5.75 Å². The van der Waals surface area contributed by atoms with E-state index in [0.717, 1.165) is 32.0 Å². The predicted molar refractivity (Wildman–Crippen MR) is 60.8 cm³/mol. The van der Waals surface area contributed by atoms with Crippen molar-refractivity contribution >= 4 is 5.69 Å². The summed E-state index contributed by atoms with van der Waals surface area (Å²) in [6.07, 6.45) is 0. The number of rotatable bonds is 1. The van der Waals surface area contributed by atoms with Crippen molar-refractivity contribution < 1.29 is 4.74 Å². The Bertz CT molecular complexity index is 374. The van der Waals surface area contributed by atoms with Crippen LogP contribution in [0.1, 0.15) is 11.5 Å². The van der Waals surface area contributed by atoms with Gasteiger partial charge < -0.3 is 15.0 Å². The molecule has 0 aliphatic carbocycles. The summed E-state index contributed by atoms with van der Waals surface area (Å²) in [6.45, 7) is 4.01. The minimum absolute atomic E-state index is 0.700. The van der Waals surface area contributed by atoms with Gasteiger partial charge in [-0.25, -0.2) is 0 Å². The minimum Gasteiger partial charge on any atom is -0.490 e. The molecular formula is C12H16N2O. The highest BCUT2D eigenvalue weighted by Crippen LogP contribution is 2.34. The largest absolute Gasteiger partial charge is 0.490 e. The standard InChI is InChI=1S/C12H16N2O/c1-14-4-5-15-12-3-2-9(6-11(12)14)10-7-13-8-10/h2-3,6,10,13H,4-5,7-8H2,1H3. The number of benzene rings is 1.